The molecule has 10 heteroatoms. The zero-order chi connectivity index (χ0) is 14.9. The standard InChI is InChI=1S/C10H4Br3F2N3OS/c11-3-1-2-4(6(13)5(3)12)16-10(19)8-7(9(14)15)17-18-20-8/h1-2,9H,(H,16,19). The van der Waals surface area contributed by atoms with E-state index in [1.54, 1.807) is 12.1 Å². The summed E-state index contributed by atoms with van der Waals surface area (Å²) in [6.45, 7) is 0. The summed E-state index contributed by atoms with van der Waals surface area (Å²) in [6, 6.07) is 3.34. The summed E-state index contributed by atoms with van der Waals surface area (Å²) in [5, 5.41) is 5.80. The van der Waals surface area contributed by atoms with Gasteiger partial charge in [-0.25, -0.2) is 8.78 Å². The van der Waals surface area contributed by atoms with Crippen LogP contribution < -0.4 is 5.32 Å². The minimum atomic E-state index is -2.84. The zero-order valence-electron chi connectivity index (χ0n) is 9.33. The first kappa shape index (κ1) is 15.9. The second kappa shape index (κ2) is 6.54. The predicted molar refractivity (Wildman–Crippen MR) is 82.4 cm³/mol. The SMILES string of the molecule is O=C(Nc1ccc(Br)c(Br)c1Br)c1snnc1C(F)F. The minimum absolute atomic E-state index is 0.203. The van der Waals surface area contributed by atoms with Gasteiger partial charge in [0.05, 0.1) is 10.2 Å². The smallest absolute Gasteiger partial charge is 0.283 e. The molecule has 2 aromatic rings. The summed E-state index contributed by atoms with van der Waals surface area (Å²) in [5.41, 5.74) is -0.168. The Morgan fingerprint density at radius 3 is 2.60 bits per heavy atom. The van der Waals surface area contributed by atoms with E-state index in [9.17, 15) is 13.6 Å². The molecule has 1 heterocycles. The van der Waals surface area contributed by atoms with Gasteiger partial charge in [-0.1, -0.05) is 4.49 Å². The molecule has 1 N–H and O–H groups in total. The molecule has 1 amide bonds. The monoisotopic (exact) mass is 489 g/mol. The Labute approximate surface area is 141 Å². The second-order valence-corrected chi connectivity index (χ2v) is 6.66. The van der Waals surface area contributed by atoms with Crippen molar-refractivity contribution in [2.24, 2.45) is 0 Å². The molecular formula is C10H4Br3F2N3OS. The highest BCUT2D eigenvalue weighted by Crippen LogP contribution is 2.36. The molecule has 0 spiro atoms. The van der Waals surface area contributed by atoms with Gasteiger partial charge in [-0.2, -0.15) is 0 Å². The molecule has 0 saturated carbocycles. The van der Waals surface area contributed by atoms with Gasteiger partial charge in [-0.3, -0.25) is 4.79 Å². The van der Waals surface area contributed by atoms with Crippen LogP contribution in [0.2, 0.25) is 0 Å². The van der Waals surface area contributed by atoms with Gasteiger partial charge in [-0.05, 0) is 71.5 Å². The first-order valence-corrected chi connectivity index (χ1v) is 8.12. The first-order chi connectivity index (χ1) is 9.41. The molecule has 0 atom stereocenters. The average molecular weight is 492 g/mol. The highest BCUT2D eigenvalue weighted by atomic mass is 79.9. The number of aromatic nitrogens is 2. The van der Waals surface area contributed by atoms with Crippen molar-refractivity contribution in [1.82, 2.24) is 9.59 Å². The number of carbonyl (C=O) groups is 1. The fourth-order valence-corrected chi connectivity index (χ4v) is 3.25. The maximum absolute atomic E-state index is 12.7. The van der Waals surface area contributed by atoms with Crippen LogP contribution in [0.3, 0.4) is 0 Å². The summed E-state index contributed by atoms with van der Waals surface area (Å²) >= 11 is 10.6. The fourth-order valence-electron chi connectivity index (χ4n) is 1.30. The Morgan fingerprint density at radius 2 is 1.95 bits per heavy atom. The second-order valence-electron chi connectivity index (χ2n) is 3.47. The van der Waals surface area contributed by atoms with Crippen molar-refractivity contribution in [3.05, 3.63) is 36.1 Å². The summed E-state index contributed by atoms with van der Waals surface area (Å²) in [5.74, 6) is -0.676. The highest BCUT2D eigenvalue weighted by Gasteiger charge is 2.24. The number of hydrogen-bond acceptors (Lipinski definition) is 4. The van der Waals surface area contributed by atoms with Gasteiger partial charge < -0.3 is 5.32 Å². The molecule has 0 aliphatic carbocycles. The van der Waals surface area contributed by atoms with E-state index < -0.39 is 18.0 Å². The lowest BCUT2D eigenvalue weighted by molar-refractivity contribution is 0.101. The van der Waals surface area contributed by atoms with E-state index in [-0.39, 0.29) is 4.88 Å². The number of rotatable bonds is 3. The van der Waals surface area contributed by atoms with Gasteiger partial charge in [0.15, 0.2) is 5.69 Å². The summed E-state index contributed by atoms with van der Waals surface area (Å²) in [6.07, 6.45) is -2.84. The van der Waals surface area contributed by atoms with Crippen molar-refractivity contribution >= 4 is 70.9 Å². The number of anilines is 1. The number of nitrogens with one attached hydrogen (secondary N) is 1. The van der Waals surface area contributed by atoms with Crippen molar-refractivity contribution < 1.29 is 13.6 Å². The Morgan fingerprint density at radius 1 is 1.25 bits per heavy atom. The van der Waals surface area contributed by atoms with Crippen LogP contribution in [0.4, 0.5) is 14.5 Å². The Balaban J connectivity index is 2.29. The molecule has 0 fully saturated rings. The van der Waals surface area contributed by atoms with Crippen LogP contribution in [-0.4, -0.2) is 15.5 Å². The molecule has 106 valence electrons. The Kier molecular flexibility index (Phi) is 5.21. The van der Waals surface area contributed by atoms with Crippen LogP contribution in [0, 0.1) is 0 Å². The average Bonchev–Trinajstić information content (AvgIpc) is 2.89. The van der Waals surface area contributed by atoms with Crippen molar-refractivity contribution in [1.29, 1.82) is 0 Å². The molecular weight excluding hydrogens is 488 g/mol. The third-order valence-corrected chi connectivity index (χ3v) is 6.32. The quantitative estimate of drug-likeness (QED) is 0.614. The van der Waals surface area contributed by atoms with E-state index in [4.69, 9.17) is 0 Å². The van der Waals surface area contributed by atoms with Gasteiger partial charge in [-0.15, -0.1) is 5.10 Å². The van der Waals surface area contributed by atoms with Gasteiger partial charge in [0.25, 0.3) is 12.3 Å². The zero-order valence-corrected chi connectivity index (χ0v) is 14.9. The van der Waals surface area contributed by atoms with Crippen LogP contribution in [-0.2, 0) is 0 Å². The van der Waals surface area contributed by atoms with Crippen molar-refractivity contribution in [2.45, 2.75) is 6.43 Å². The minimum Gasteiger partial charge on any atom is -0.320 e. The molecule has 0 aliphatic heterocycles. The number of carbonyl (C=O) groups excluding carboxylic acids is 1. The highest BCUT2D eigenvalue weighted by molar-refractivity contribution is 9.14. The van der Waals surface area contributed by atoms with E-state index in [0.29, 0.717) is 26.2 Å². The largest absolute Gasteiger partial charge is 0.320 e. The first-order valence-electron chi connectivity index (χ1n) is 4.97. The van der Waals surface area contributed by atoms with E-state index in [0.717, 1.165) is 4.47 Å². The number of hydrogen-bond donors (Lipinski definition) is 1. The summed E-state index contributed by atoms with van der Waals surface area (Å²) < 4.78 is 30.8. The van der Waals surface area contributed by atoms with Crippen LogP contribution in [0.25, 0.3) is 0 Å². The predicted octanol–water partition coefficient (Wildman–Crippen LogP) is 5.02. The van der Waals surface area contributed by atoms with Gasteiger partial charge in [0, 0.05) is 8.95 Å². The number of alkyl halides is 2. The molecule has 0 aliphatic rings. The Hall–Kier alpha value is -0.450. The number of benzene rings is 1. The maximum Gasteiger partial charge on any atom is 0.283 e. The molecule has 0 bridgehead atoms. The van der Waals surface area contributed by atoms with Gasteiger partial charge >= 0.3 is 0 Å². The summed E-state index contributed by atoms with van der Waals surface area (Å²) in [4.78, 5) is 11.8. The molecule has 20 heavy (non-hydrogen) atoms. The molecule has 1 aromatic heterocycles. The van der Waals surface area contributed by atoms with E-state index in [1.165, 1.54) is 0 Å². The molecule has 0 unspecified atom stereocenters. The van der Waals surface area contributed by atoms with Crippen LogP contribution in [0.15, 0.2) is 25.6 Å². The van der Waals surface area contributed by atoms with Crippen molar-refractivity contribution in [3.8, 4) is 0 Å². The fraction of sp³-hybridized carbons (Fsp3) is 0.100. The van der Waals surface area contributed by atoms with Gasteiger partial charge in [0.2, 0.25) is 0 Å². The lowest BCUT2D eigenvalue weighted by atomic mass is 10.3. The number of halogens is 5. The number of amides is 1. The molecule has 2 rings (SSSR count). The van der Waals surface area contributed by atoms with Gasteiger partial charge in [0.1, 0.15) is 4.88 Å². The lowest BCUT2D eigenvalue weighted by Gasteiger charge is -2.09. The van der Waals surface area contributed by atoms with Crippen molar-refractivity contribution in [2.75, 3.05) is 5.32 Å². The van der Waals surface area contributed by atoms with E-state index >= 15 is 0 Å². The van der Waals surface area contributed by atoms with Crippen LogP contribution in [0.1, 0.15) is 21.8 Å². The third kappa shape index (κ3) is 3.23. The van der Waals surface area contributed by atoms with Crippen LogP contribution >= 0.6 is 59.3 Å². The topological polar surface area (TPSA) is 54.9 Å². The molecule has 0 radical (unpaired) electrons. The lowest BCUT2D eigenvalue weighted by Crippen LogP contribution is -2.13. The molecule has 0 saturated heterocycles. The maximum atomic E-state index is 12.7. The number of nitrogens with zero attached hydrogens (tertiary/aromatic N) is 2. The third-order valence-electron chi connectivity index (χ3n) is 2.21. The summed E-state index contributed by atoms with van der Waals surface area (Å²) in [7, 11) is 0. The molecule has 4 nitrogen and oxygen atoms in total. The van der Waals surface area contributed by atoms with Crippen molar-refractivity contribution in [3.63, 3.8) is 0 Å². The van der Waals surface area contributed by atoms with E-state index in [2.05, 4.69) is 62.7 Å². The van der Waals surface area contributed by atoms with E-state index in [1.807, 2.05) is 0 Å². The van der Waals surface area contributed by atoms with Crippen LogP contribution in [0.5, 0.6) is 0 Å². The molecule has 1 aromatic carbocycles. The normalized spacial score (nSPS) is 10.9. The Bertz CT molecular complexity index is 665.